The van der Waals surface area contributed by atoms with E-state index >= 15 is 0 Å². The van der Waals surface area contributed by atoms with Crippen LogP contribution in [0.2, 0.25) is 0 Å². The van der Waals surface area contributed by atoms with Crippen molar-refractivity contribution in [2.24, 2.45) is 0 Å². The molecular formula is C27H22N2O4. The Morgan fingerprint density at radius 2 is 1.52 bits per heavy atom. The Kier molecular flexibility index (Phi) is 6.45. The molecule has 3 aromatic carbocycles. The summed E-state index contributed by atoms with van der Waals surface area (Å²) in [6, 6.07) is 25.3. The van der Waals surface area contributed by atoms with Crippen LogP contribution in [0.1, 0.15) is 34.5 Å². The first-order valence-corrected chi connectivity index (χ1v) is 10.4. The summed E-state index contributed by atoms with van der Waals surface area (Å²) < 4.78 is 5.72. The van der Waals surface area contributed by atoms with E-state index in [4.69, 9.17) is 4.74 Å². The maximum atomic E-state index is 13.6. The van der Waals surface area contributed by atoms with E-state index in [0.29, 0.717) is 16.7 Å². The fourth-order valence-electron chi connectivity index (χ4n) is 3.54. The third-order valence-electron chi connectivity index (χ3n) is 5.06. The normalized spacial score (nSPS) is 12.2. The maximum Gasteiger partial charge on any atom is 0.355 e. The minimum atomic E-state index is -1.19. The van der Waals surface area contributed by atoms with Crippen LogP contribution in [0.15, 0.2) is 96.8 Å². The van der Waals surface area contributed by atoms with Crippen LogP contribution in [0.3, 0.4) is 0 Å². The van der Waals surface area contributed by atoms with Crippen LogP contribution in [0.5, 0.6) is 0 Å². The van der Waals surface area contributed by atoms with E-state index in [1.807, 2.05) is 48.5 Å². The molecule has 0 saturated heterocycles. The number of amides is 1. The molecule has 1 heterocycles. The second kappa shape index (κ2) is 9.78. The number of ketones is 1. The Balaban J connectivity index is 1.70. The van der Waals surface area contributed by atoms with Crippen molar-refractivity contribution in [2.45, 2.75) is 13.0 Å². The SMILES string of the molecule is CC(=O)N/C(=C\c1ccccc1)C(=O)OC(C(=O)c1c[nH]c2ccccc12)c1ccccc1. The molecule has 1 atom stereocenters. The Labute approximate surface area is 190 Å². The number of hydrogen-bond donors (Lipinski definition) is 2. The van der Waals surface area contributed by atoms with Gasteiger partial charge in [0.1, 0.15) is 5.70 Å². The van der Waals surface area contributed by atoms with E-state index < -0.39 is 18.0 Å². The second-order valence-electron chi connectivity index (χ2n) is 7.46. The van der Waals surface area contributed by atoms with Crippen molar-refractivity contribution in [2.75, 3.05) is 0 Å². The molecule has 1 unspecified atom stereocenters. The van der Waals surface area contributed by atoms with E-state index in [0.717, 1.165) is 10.9 Å². The lowest BCUT2D eigenvalue weighted by molar-refractivity contribution is -0.143. The lowest BCUT2D eigenvalue weighted by Crippen LogP contribution is -2.29. The minimum Gasteiger partial charge on any atom is -0.444 e. The van der Waals surface area contributed by atoms with Gasteiger partial charge in [-0.15, -0.1) is 0 Å². The van der Waals surface area contributed by atoms with Crippen molar-refractivity contribution < 1.29 is 19.1 Å². The van der Waals surface area contributed by atoms with Crippen LogP contribution >= 0.6 is 0 Å². The Bertz CT molecular complexity index is 1320. The number of aromatic nitrogens is 1. The van der Waals surface area contributed by atoms with Crippen LogP contribution in [-0.4, -0.2) is 22.6 Å². The van der Waals surface area contributed by atoms with Crippen molar-refractivity contribution in [3.05, 3.63) is 114 Å². The van der Waals surface area contributed by atoms with Crippen LogP contribution < -0.4 is 5.32 Å². The quantitative estimate of drug-likeness (QED) is 0.246. The molecule has 0 bridgehead atoms. The molecule has 1 amide bonds. The smallest absolute Gasteiger partial charge is 0.355 e. The summed E-state index contributed by atoms with van der Waals surface area (Å²) in [5.74, 6) is -1.60. The molecule has 1 aromatic heterocycles. The highest BCUT2D eigenvalue weighted by molar-refractivity contribution is 6.11. The number of ether oxygens (including phenoxy) is 1. The third-order valence-corrected chi connectivity index (χ3v) is 5.06. The summed E-state index contributed by atoms with van der Waals surface area (Å²) in [4.78, 5) is 41.5. The zero-order valence-corrected chi connectivity index (χ0v) is 17.9. The number of carbonyl (C=O) groups is 3. The molecule has 33 heavy (non-hydrogen) atoms. The van der Waals surface area contributed by atoms with Crippen LogP contribution in [0.4, 0.5) is 0 Å². The van der Waals surface area contributed by atoms with Gasteiger partial charge in [-0.2, -0.15) is 0 Å². The number of para-hydroxylation sites is 1. The molecular weight excluding hydrogens is 416 g/mol. The van der Waals surface area contributed by atoms with Gasteiger partial charge in [0, 0.05) is 35.2 Å². The first kappa shape index (κ1) is 21.8. The second-order valence-corrected chi connectivity index (χ2v) is 7.46. The zero-order chi connectivity index (χ0) is 23.2. The number of aromatic amines is 1. The number of H-pyrrole nitrogens is 1. The van der Waals surface area contributed by atoms with Crippen molar-refractivity contribution in [3.63, 3.8) is 0 Å². The van der Waals surface area contributed by atoms with Crippen LogP contribution in [-0.2, 0) is 14.3 Å². The summed E-state index contributed by atoms with van der Waals surface area (Å²) in [5.41, 5.74) is 2.41. The number of hydrogen-bond acceptors (Lipinski definition) is 4. The van der Waals surface area contributed by atoms with Crippen LogP contribution in [0.25, 0.3) is 17.0 Å². The Morgan fingerprint density at radius 1 is 0.879 bits per heavy atom. The lowest BCUT2D eigenvalue weighted by Gasteiger charge is -2.18. The average molecular weight is 438 g/mol. The van der Waals surface area contributed by atoms with Crippen molar-refractivity contribution in [3.8, 4) is 0 Å². The number of rotatable bonds is 7. The zero-order valence-electron chi connectivity index (χ0n) is 17.9. The Hall–Kier alpha value is -4.45. The van der Waals surface area contributed by atoms with E-state index in [2.05, 4.69) is 10.3 Å². The molecule has 0 radical (unpaired) electrons. The summed E-state index contributed by atoms with van der Waals surface area (Å²) in [7, 11) is 0. The van der Waals surface area contributed by atoms with E-state index in [1.54, 1.807) is 42.6 Å². The Morgan fingerprint density at radius 3 is 2.21 bits per heavy atom. The predicted molar refractivity (Wildman–Crippen MR) is 126 cm³/mol. The number of carbonyl (C=O) groups excluding carboxylic acids is 3. The van der Waals surface area contributed by atoms with Crippen molar-refractivity contribution in [1.29, 1.82) is 0 Å². The molecule has 0 fully saturated rings. The van der Waals surface area contributed by atoms with E-state index in [1.165, 1.54) is 13.0 Å². The van der Waals surface area contributed by atoms with Gasteiger partial charge in [0.05, 0.1) is 0 Å². The number of esters is 1. The van der Waals surface area contributed by atoms with Gasteiger partial charge in [0.2, 0.25) is 11.7 Å². The van der Waals surface area contributed by atoms with Gasteiger partial charge in [-0.3, -0.25) is 9.59 Å². The first-order valence-electron chi connectivity index (χ1n) is 10.4. The highest BCUT2D eigenvalue weighted by Gasteiger charge is 2.29. The number of nitrogens with one attached hydrogen (secondary N) is 2. The van der Waals surface area contributed by atoms with Crippen molar-refractivity contribution in [1.82, 2.24) is 10.3 Å². The molecule has 0 saturated carbocycles. The standard InChI is InChI=1S/C27H22N2O4/c1-18(30)29-24(16-19-10-4-2-5-11-19)27(32)33-26(20-12-6-3-7-13-20)25(31)22-17-28-23-15-9-8-14-21(22)23/h2-17,26,28H,1H3,(H,29,30)/b24-16-. The van der Waals surface area contributed by atoms with E-state index in [9.17, 15) is 14.4 Å². The topological polar surface area (TPSA) is 88.3 Å². The highest BCUT2D eigenvalue weighted by atomic mass is 16.5. The summed E-state index contributed by atoms with van der Waals surface area (Å²) in [5, 5.41) is 3.26. The van der Waals surface area contributed by atoms with E-state index in [-0.39, 0.29) is 11.5 Å². The van der Waals surface area contributed by atoms with Gasteiger partial charge in [-0.05, 0) is 17.7 Å². The van der Waals surface area contributed by atoms with Gasteiger partial charge >= 0.3 is 5.97 Å². The molecule has 0 aliphatic rings. The molecule has 0 aliphatic heterocycles. The number of benzene rings is 3. The molecule has 2 N–H and O–H groups in total. The van der Waals surface area contributed by atoms with Gasteiger partial charge in [-0.1, -0.05) is 78.9 Å². The molecule has 4 aromatic rings. The lowest BCUT2D eigenvalue weighted by atomic mass is 9.99. The molecule has 6 heteroatoms. The molecule has 6 nitrogen and oxygen atoms in total. The monoisotopic (exact) mass is 438 g/mol. The van der Waals surface area contributed by atoms with Gasteiger partial charge < -0.3 is 15.0 Å². The first-order chi connectivity index (χ1) is 16.0. The fraction of sp³-hybridized carbons (Fsp3) is 0.0741. The average Bonchev–Trinajstić information content (AvgIpc) is 3.27. The highest BCUT2D eigenvalue weighted by Crippen LogP contribution is 2.28. The molecule has 4 rings (SSSR count). The van der Waals surface area contributed by atoms with Gasteiger partial charge in [0.25, 0.3) is 0 Å². The summed E-state index contributed by atoms with van der Waals surface area (Å²) >= 11 is 0. The molecule has 164 valence electrons. The van der Waals surface area contributed by atoms with Crippen molar-refractivity contribution >= 4 is 34.6 Å². The number of Topliss-reactive ketones (excluding diaryl/α,β-unsaturated/α-hetero) is 1. The molecule has 0 aliphatic carbocycles. The van der Waals surface area contributed by atoms with Crippen LogP contribution in [0, 0.1) is 0 Å². The third kappa shape index (κ3) is 5.07. The summed E-state index contributed by atoms with van der Waals surface area (Å²) in [6.07, 6.45) is 1.94. The van der Waals surface area contributed by atoms with Gasteiger partial charge in [0.15, 0.2) is 6.10 Å². The fourth-order valence-corrected chi connectivity index (χ4v) is 3.54. The predicted octanol–water partition coefficient (Wildman–Crippen LogP) is 4.81. The number of fused-ring (bicyclic) bond motifs is 1. The minimum absolute atomic E-state index is 0.0543. The largest absolute Gasteiger partial charge is 0.444 e. The summed E-state index contributed by atoms with van der Waals surface area (Å²) in [6.45, 7) is 1.30. The maximum absolute atomic E-state index is 13.6. The molecule has 0 spiro atoms. The van der Waals surface area contributed by atoms with Gasteiger partial charge in [-0.25, -0.2) is 4.79 Å².